The minimum Gasteiger partial charge on any atom is -0.369 e. The minimum absolute atomic E-state index is 0.0416. The number of hydrogen-bond acceptors (Lipinski definition) is 4. The summed E-state index contributed by atoms with van der Waals surface area (Å²) in [6, 6.07) is -0.217. The van der Waals surface area contributed by atoms with Gasteiger partial charge in [0.25, 0.3) is 0 Å². The van der Waals surface area contributed by atoms with Crippen LogP contribution < -0.4 is 11.1 Å². The van der Waals surface area contributed by atoms with Crippen LogP contribution >= 0.6 is 0 Å². The van der Waals surface area contributed by atoms with E-state index in [1.807, 2.05) is 25.7 Å². The van der Waals surface area contributed by atoms with Crippen LogP contribution in [0, 0.1) is 11.8 Å². The number of likely N-dealkylation sites (tertiary alicyclic amines) is 1. The van der Waals surface area contributed by atoms with Crippen LogP contribution in [-0.2, 0) is 14.4 Å². The van der Waals surface area contributed by atoms with Gasteiger partial charge in [0.2, 0.25) is 11.8 Å². The summed E-state index contributed by atoms with van der Waals surface area (Å²) in [5, 5.41) is 2.78. The lowest BCUT2D eigenvalue weighted by molar-refractivity contribution is -0.130. The smallest absolute Gasteiger partial charge is 0.234 e. The van der Waals surface area contributed by atoms with Crippen LogP contribution in [0.15, 0.2) is 0 Å². The lowest BCUT2D eigenvalue weighted by Gasteiger charge is -2.36. The molecule has 21 heavy (non-hydrogen) atoms. The van der Waals surface area contributed by atoms with Crippen LogP contribution in [0.5, 0.6) is 0 Å². The summed E-state index contributed by atoms with van der Waals surface area (Å²) in [6.45, 7) is 8.03. The zero-order valence-electron chi connectivity index (χ0n) is 13.4. The third kappa shape index (κ3) is 5.12. The van der Waals surface area contributed by atoms with E-state index in [9.17, 15) is 14.4 Å². The Labute approximate surface area is 126 Å². The van der Waals surface area contributed by atoms with Crippen LogP contribution in [0.1, 0.15) is 40.5 Å². The molecule has 0 saturated carbocycles. The van der Waals surface area contributed by atoms with Crippen LogP contribution in [0.25, 0.3) is 0 Å². The van der Waals surface area contributed by atoms with Gasteiger partial charge in [0, 0.05) is 12.6 Å². The summed E-state index contributed by atoms with van der Waals surface area (Å²) in [7, 11) is 0. The summed E-state index contributed by atoms with van der Waals surface area (Å²) >= 11 is 0. The highest BCUT2D eigenvalue weighted by atomic mass is 16.2. The van der Waals surface area contributed by atoms with Crippen molar-refractivity contribution >= 4 is 17.6 Å². The number of nitrogens with zero attached hydrogens (tertiary/aromatic N) is 1. The number of carbonyl (C=O) groups excluding carboxylic acids is 3. The number of amides is 2. The molecular formula is C15H27N3O3. The van der Waals surface area contributed by atoms with Crippen molar-refractivity contribution in [1.82, 2.24) is 10.2 Å². The Hall–Kier alpha value is -1.43. The van der Waals surface area contributed by atoms with E-state index in [2.05, 4.69) is 5.32 Å². The highest BCUT2D eigenvalue weighted by Crippen LogP contribution is 2.21. The Morgan fingerprint density at radius 3 is 2.38 bits per heavy atom. The molecule has 2 amide bonds. The molecule has 0 aromatic heterocycles. The van der Waals surface area contributed by atoms with Crippen molar-refractivity contribution in [3.8, 4) is 0 Å². The molecule has 0 aromatic carbocycles. The van der Waals surface area contributed by atoms with Crippen molar-refractivity contribution in [2.75, 3.05) is 13.1 Å². The highest BCUT2D eigenvalue weighted by molar-refractivity contribution is 5.88. The fraction of sp³-hybridized carbons (Fsp3) is 0.800. The van der Waals surface area contributed by atoms with E-state index in [1.165, 1.54) is 6.92 Å². The number of Topliss-reactive ketones (excluding diaryl/α,β-unsaturated/α-hetero) is 1. The molecule has 6 nitrogen and oxygen atoms in total. The lowest BCUT2D eigenvalue weighted by atomic mass is 9.93. The van der Waals surface area contributed by atoms with Gasteiger partial charge in [-0.15, -0.1) is 0 Å². The topological polar surface area (TPSA) is 92.5 Å². The van der Waals surface area contributed by atoms with Gasteiger partial charge in [-0.1, -0.05) is 13.8 Å². The van der Waals surface area contributed by atoms with Crippen molar-refractivity contribution in [2.24, 2.45) is 17.6 Å². The number of nitrogens with two attached hydrogens (primary N) is 1. The van der Waals surface area contributed by atoms with Crippen LogP contribution in [0.2, 0.25) is 0 Å². The molecule has 6 heteroatoms. The van der Waals surface area contributed by atoms with Gasteiger partial charge in [0.05, 0.1) is 18.5 Å². The molecule has 0 aliphatic carbocycles. The molecule has 1 fully saturated rings. The maximum atomic E-state index is 12.1. The van der Waals surface area contributed by atoms with E-state index in [1.54, 1.807) is 0 Å². The molecule has 0 bridgehead atoms. The second-order valence-electron chi connectivity index (χ2n) is 6.35. The number of piperidine rings is 1. The molecule has 1 rings (SSSR count). The molecule has 0 aromatic rings. The average Bonchev–Trinajstić information content (AvgIpc) is 2.37. The van der Waals surface area contributed by atoms with E-state index in [4.69, 9.17) is 5.73 Å². The second kappa shape index (κ2) is 7.54. The molecule has 3 unspecified atom stereocenters. The zero-order valence-corrected chi connectivity index (χ0v) is 13.4. The summed E-state index contributed by atoms with van der Waals surface area (Å²) in [4.78, 5) is 36.9. The molecule has 1 saturated heterocycles. The molecule has 3 atom stereocenters. The Morgan fingerprint density at radius 2 is 1.90 bits per heavy atom. The lowest BCUT2D eigenvalue weighted by Crippen LogP contribution is -2.52. The van der Waals surface area contributed by atoms with Crippen molar-refractivity contribution in [2.45, 2.75) is 52.6 Å². The van der Waals surface area contributed by atoms with Crippen LogP contribution in [0.3, 0.4) is 0 Å². The third-order valence-electron chi connectivity index (χ3n) is 4.18. The van der Waals surface area contributed by atoms with Gasteiger partial charge in [0.15, 0.2) is 5.78 Å². The fourth-order valence-corrected chi connectivity index (χ4v) is 2.77. The Bertz CT molecular complexity index is 409. The standard InChI is InChI=1S/C15H27N3O3/c1-9(2)14(11(4)19)17-13(20)8-18-7-12(15(16)21)6-5-10(18)3/h9-10,12,14H,5-8H2,1-4H3,(H2,16,21)(H,17,20). The van der Waals surface area contributed by atoms with E-state index < -0.39 is 6.04 Å². The number of primary amides is 1. The normalized spacial score (nSPS) is 24.6. The molecule has 0 spiro atoms. The molecule has 1 aliphatic rings. The molecular weight excluding hydrogens is 270 g/mol. The van der Waals surface area contributed by atoms with E-state index in [-0.39, 0.29) is 42.0 Å². The summed E-state index contributed by atoms with van der Waals surface area (Å²) in [5.74, 6) is -0.664. The quantitative estimate of drug-likeness (QED) is 0.737. The first-order chi connectivity index (χ1) is 9.72. The summed E-state index contributed by atoms with van der Waals surface area (Å²) < 4.78 is 0. The summed E-state index contributed by atoms with van der Waals surface area (Å²) in [6.07, 6.45) is 1.62. The zero-order chi connectivity index (χ0) is 16.2. The third-order valence-corrected chi connectivity index (χ3v) is 4.18. The van der Waals surface area contributed by atoms with Gasteiger partial charge in [-0.25, -0.2) is 0 Å². The largest absolute Gasteiger partial charge is 0.369 e. The van der Waals surface area contributed by atoms with Gasteiger partial charge in [-0.05, 0) is 32.6 Å². The SMILES string of the molecule is CC(=O)C(NC(=O)CN1CC(C(N)=O)CCC1C)C(C)C. The van der Waals surface area contributed by atoms with Crippen molar-refractivity contribution in [3.63, 3.8) is 0 Å². The Morgan fingerprint density at radius 1 is 1.29 bits per heavy atom. The van der Waals surface area contributed by atoms with Gasteiger partial charge < -0.3 is 11.1 Å². The van der Waals surface area contributed by atoms with Gasteiger partial charge in [0.1, 0.15) is 0 Å². The Balaban J connectivity index is 2.59. The maximum Gasteiger partial charge on any atom is 0.234 e. The van der Waals surface area contributed by atoms with Crippen LogP contribution in [-0.4, -0.2) is 47.7 Å². The molecule has 0 radical (unpaired) electrons. The van der Waals surface area contributed by atoms with Gasteiger partial charge >= 0.3 is 0 Å². The number of ketones is 1. The minimum atomic E-state index is -0.454. The monoisotopic (exact) mass is 297 g/mol. The van der Waals surface area contributed by atoms with Crippen molar-refractivity contribution in [3.05, 3.63) is 0 Å². The molecule has 1 heterocycles. The molecule has 3 N–H and O–H groups in total. The maximum absolute atomic E-state index is 12.1. The number of carbonyl (C=O) groups is 3. The van der Waals surface area contributed by atoms with Crippen LogP contribution in [0.4, 0.5) is 0 Å². The first-order valence-electron chi connectivity index (χ1n) is 7.55. The molecule has 120 valence electrons. The van der Waals surface area contributed by atoms with E-state index in [0.29, 0.717) is 6.54 Å². The first kappa shape index (κ1) is 17.6. The predicted octanol–water partition coefficient (Wildman–Crippen LogP) is 0.302. The number of hydrogen-bond donors (Lipinski definition) is 2. The second-order valence-corrected chi connectivity index (χ2v) is 6.35. The average molecular weight is 297 g/mol. The Kier molecular flexibility index (Phi) is 6.33. The first-order valence-corrected chi connectivity index (χ1v) is 7.55. The fourth-order valence-electron chi connectivity index (χ4n) is 2.77. The predicted molar refractivity (Wildman–Crippen MR) is 80.4 cm³/mol. The van der Waals surface area contributed by atoms with Crippen molar-refractivity contribution in [1.29, 1.82) is 0 Å². The van der Waals surface area contributed by atoms with E-state index >= 15 is 0 Å². The van der Waals surface area contributed by atoms with Gasteiger partial charge in [-0.3, -0.25) is 19.3 Å². The van der Waals surface area contributed by atoms with Gasteiger partial charge in [-0.2, -0.15) is 0 Å². The summed E-state index contributed by atoms with van der Waals surface area (Å²) in [5.41, 5.74) is 5.36. The number of rotatable bonds is 6. The van der Waals surface area contributed by atoms with E-state index in [0.717, 1.165) is 12.8 Å². The highest BCUT2D eigenvalue weighted by Gasteiger charge is 2.30. The molecule has 1 aliphatic heterocycles. The number of nitrogens with one attached hydrogen (secondary N) is 1. The van der Waals surface area contributed by atoms with Crippen molar-refractivity contribution < 1.29 is 14.4 Å².